The lowest BCUT2D eigenvalue weighted by Gasteiger charge is -2.18. The molecule has 1 aromatic rings. The molecule has 3 N–H and O–H groups in total. The number of amides is 2. The van der Waals surface area contributed by atoms with E-state index in [4.69, 9.17) is 5.11 Å². The van der Waals surface area contributed by atoms with Gasteiger partial charge in [0.25, 0.3) is 0 Å². The van der Waals surface area contributed by atoms with E-state index in [1.54, 1.807) is 11.7 Å². The van der Waals surface area contributed by atoms with Gasteiger partial charge in [-0.25, -0.2) is 4.79 Å². The van der Waals surface area contributed by atoms with Crippen molar-refractivity contribution < 1.29 is 9.90 Å². The van der Waals surface area contributed by atoms with Crippen molar-refractivity contribution in [2.24, 2.45) is 18.9 Å². The molecule has 0 saturated heterocycles. The molecule has 6 heteroatoms. The fourth-order valence-corrected chi connectivity index (χ4v) is 2.28. The van der Waals surface area contributed by atoms with Gasteiger partial charge < -0.3 is 10.4 Å². The second kappa shape index (κ2) is 7.89. The highest BCUT2D eigenvalue weighted by molar-refractivity contribution is 5.88. The maximum Gasteiger partial charge on any atom is 0.320 e. The number of aliphatic hydroxyl groups is 1. The number of carbonyl (C=O) groups excluding carboxylic acids is 1. The van der Waals surface area contributed by atoms with Crippen LogP contribution in [0.4, 0.5) is 10.6 Å². The predicted octanol–water partition coefficient (Wildman–Crippen LogP) is 1.89. The van der Waals surface area contributed by atoms with Crippen molar-refractivity contribution in [3.05, 3.63) is 11.8 Å². The van der Waals surface area contributed by atoms with Crippen LogP contribution in [-0.2, 0) is 7.05 Å². The third-order valence-corrected chi connectivity index (χ3v) is 3.14. The highest BCUT2D eigenvalue weighted by atomic mass is 16.3. The van der Waals surface area contributed by atoms with Crippen molar-refractivity contribution in [3.8, 4) is 0 Å². The number of rotatable bonds is 7. The van der Waals surface area contributed by atoms with Crippen molar-refractivity contribution in [1.29, 1.82) is 0 Å². The van der Waals surface area contributed by atoms with Gasteiger partial charge in [-0.2, -0.15) is 5.10 Å². The topological polar surface area (TPSA) is 79.2 Å². The molecule has 2 amide bonds. The van der Waals surface area contributed by atoms with E-state index in [1.165, 1.54) is 0 Å². The van der Waals surface area contributed by atoms with Crippen LogP contribution in [0.2, 0.25) is 0 Å². The number of hydrogen-bond acceptors (Lipinski definition) is 3. The Bertz CT molecular complexity index is 429. The number of urea groups is 1. The van der Waals surface area contributed by atoms with Gasteiger partial charge in [-0.15, -0.1) is 0 Å². The number of anilines is 1. The molecule has 114 valence electrons. The maximum atomic E-state index is 11.8. The van der Waals surface area contributed by atoms with Crippen molar-refractivity contribution in [1.82, 2.24) is 15.1 Å². The number of carbonyl (C=O) groups is 1. The van der Waals surface area contributed by atoms with Gasteiger partial charge in [0.2, 0.25) is 0 Å². The first-order valence-corrected chi connectivity index (χ1v) is 7.08. The molecule has 1 rings (SSSR count). The standard InChI is InChI=1S/C14H26N4O2/c1-10(2)7-12(5-6-19)9-15-14(20)16-13-8-11(3)17-18(13)4/h8,10,12,19H,5-7,9H2,1-4H3,(H2,15,16,20). The lowest BCUT2D eigenvalue weighted by molar-refractivity contribution is 0.231. The van der Waals surface area contributed by atoms with Crippen LogP contribution in [0.3, 0.4) is 0 Å². The second-order valence-corrected chi connectivity index (χ2v) is 5.64. The van der Waals surface area contributed by atoms with Gasteiger partial charge in [-0.3, -0.25) is 10.00 Å². The molecule has 0 saturated carbocycles. The molecule has 6 nitrogen and oxygen atoms in total. The van der Waals surface area contributed by atoms with Gasteiger partial charge in [-0.05, 0) is 31.6 Å². The Balaban J connectivity index is 2.43. The minimum atomic E-state index is -0.236. The molecule has 1 heterocycles. The summed E-state index contributed by atoms with van der Waals surface area (Å²) in [5.74, 6) is 1.53. The minimum absolute atomic E-state index is 0.154. The Kier molecular flexibility index (Phi) is 6.51. The maximum absolute atomic E-state index is 11.8. The fourth-order valence-electron chi connectivity index (χ4n) is 2.28. The number of aliphatic hydroxyl groups excluding tert-OH is 1. The first-order valence-electron chi connectivity index (χ1n) is 7.08. The summed E-state index contributed by atoms with van der Waals surface area (Å²) in [6, 6.07) is 1.58. The Morgan fingerprint density at radius 2 is 2.20 bits per heavy atom. The summed E-state index contributed by atoms with van der Waals surface area (Å²) >= 11 is 0. The third-order valence-electron chi connectivity index (χ3n) is 3.14. The molecule has 20 heavy (non-hydrogen) atoms. The Labute approximate surface area is 120 Å². The van der Waals surface area contributed by atoms with Gasteiger partial charge in [0.1, 0.15) is 5.82 Å². The Hall–Kier alpha value is -1.56. The molecular formula is C14H26N4O2. The van der Waals surface area contributed by atoms with Gasteiger partial charge in [0, 0.05) is 26.3 Å². The van der Waals surface area contributed by atoms with E-state index in [-0.39, 0.29) is 12.6 Å². The third kappa shape index (κ3) is 5.61. The molecule has 0 aliphatic heterocycles. The van der Waals surface area contributed by atoms with Crippen LogP contribution in [0.25, 0.3) is 0 Å². The molecule has 0 bridgehead atoms. The summed E-state index contributed by atoms with van der Waals surface area (Å²) in [7, 11) is 1.79. The summed E-state index contributed by atoms with van der Waals surface area (Å²) in [5.41, 5.74) is 0.862. The first kappa shape index (κ1) is 16.5. The van der Waals surface area contributed by atoms with Gasteiger partial charge >= 0.3 is 6.03 Å². The summed E-state index contributed by atoms with van der Waals surface area (Å²) < 4.78 is 1.63. The molecule has 0 radical (unpaired) electrons. The van der Waals surface area contributed by atoms with Gasteiger partial charge in [0.15, 0.2) is 0 Å². The SMILES string of the molecule is Cc1cc(NC(=O)NCC(CCO)CC(C)C)n(C)n1. The van der Waals surface area contributed by atoms with Crippen molar-refractivity contribution >= 4 is 11.8 Å². The second-order valence-electron chi connectivity index (χ2n) is 5.64. The lowest BCUT2D eigenvalue weighted by Crippen LogP contribution is -2.34. The molecule has 1 unspecified atom stereocenters. The highest BCUT2D eigenvalue weighted by Gasteiger charge is 2.13. The molecule has 0 aliphatic carbocycles. The smallest absolute Gasteiger partial charge is 0.320 e. The van der Waals surface area contributed by atoms with Crippen molar-refractivity contribution in [3.63, 3.8) is 0 Å². The zero-order chi connectivity index (χ0) is 15.1. The number of aryl methyl sites for hydroxylation is 2. The van der Waals surface area contributed by atoms with E-state index in [0.29, 0.717) is 30.6 Å². The van der Waals surface area contributed by atoms with E-state index in [9.17, 15) is 4.79 Å². The molecular weight excluding hydrogens is 256 g/mol. The molecule has 1 aromatic heterocycles. The largest absolute Gasteiger partial charge is 0.396 e. The Morgan fingerprint density at radius 3 is 2.70 bits per heavy atom. The average molecular weight is 282 g/mol. The zero-order valence-corrected chi connectivity index (χ0v) is 12.8. The number of nitrogens with one attached hydrogen (secondary N) is 2. The van der Waals surface area contributed by atoms with Crippen LogP contribution < -0.4 is 10.6 Å². The Morgan fingerprint density at radius 1 is 1.50 bits per heavy atom. The van der Waals surface area contributed by atoms with E-state index < -0.39 is 0 Å². The first-order chi connectivity index (χ1) is 9.42. The summed E-state index contributed by atoms with van der Waals surface area (Å²) in [5, 5.41) is 18.8. The summed E-state index contributed by atoms with van der Waals surface area (Å²) in [6.07, 6.45) is 1.70. The monoisotopic (exact) mass is 282 g/mol. The zero-order valence-electron chi connectivity index (χ0n) is 12.8. The van der Waals surface area contributed by atoms with Crippen LogP contribution in [0.5, 0.6) is 0 Å². The van der Waals surface area contributed by atoms with E-state index >= 15 is 0 Å². The van der Waals surface area contributed by atoms with Crippen LogP contribution >= 0.6 is 0 Å². The normalized spacial score (nSPS) is 12.5. The number of hydrogen-bond donors (Lipinski definition) is 3. The minimum Gasteiger partial charge on any atom is -0.396 e. The summed E-state index contributed by atoms with van der Waals surface area (Å²) in [6.45, 7) is 6.89. The van der Waals surface area contributed by atoms with Crippen LogP contribution in [0.15, 0.2) is 6.07 Å². The van der Waals surface area contributed by atoms with E-state index in [1.807, 2.05) is 13.0 Å². The lowest BCUT2D eigenvalue weighted by atomic mass is 9.94. The number of aromatic nitrogens is 2. The quantitative estimate of drug-likeness (QED) is 0.714. The predicted molar refractivity (Wildman–Crippen MR) is 79.6 cm³/mol. The average Bonchev–Trinajstić information content (AvgIpc) is 2.64. The summed E-state index contributed by atoms with van der Waals surface area (Å²) in [4.78, 5) is 11.8. The number of nitrogens with zero attached hydrogens (tertiary/aromatic N) is 2. The van der Waals surface area contributed by atoms with Crippen LogP contribution in [0.1, 0.15) is 32.4 Å². The molecule has 0 aromatic carbocycles. The molecule has 0 aliphatic rings. The van der Waals surface area contributed by atoms with Crippen molar-refractivity contribution in [2.75, 3.05) is 18.5 Å². The van der Waals surface area contributed by atoms with Crippen molar-refractivity contribution in [2.45, 2.75) is 33.6 Å². The van der Waals surface area contributed by atoms with Crippen LogP contribution in [-0.4, -0.2) is 34.1 Å². The fraction of sp³-hybridized carbons (Fsp3) is 0.714. The van der Waals surface area contributed by atoms with Crippen LogP contribution in [0, 0.1) is 18.8 Å². The van der Waals surface area contributed by atoms with Gasteiger partial charge in [-0.1, -0.05) is 13.8 Å². The van der Waals surface area contributed by atoms with E-state index in [0.717, 1.165) is 12.1 Å². The molecule has 0 fully saturated rings. The van der Waals surface area contributed by atoms with Gasteiger partial charge in [0.05, 0.1) is 5.69 Å². The molecule has 1 atom stereocenters. The van der Waals surface area contributed by atoms with E-state index in [2.05, 4.69) is 29.6 Å². The molecule has 0 spiro atoms. The highest BCUT2D eigenvalue weighted by Crippen LogP contribution is 2.14.